The van der Waals surface area contributed by atoms with Gasteiger partial charge in [-0.1, -0.05) is 142 Å². The molecule has 0 amide bonds. The first-order chi connectivity index (χ1) is 24.0. The van der Waals surface area contributed by atoms with Crippen LogP contribution in [-0.4, -0.2) is 9.13 Å². The third-order valence-electron chi connectivity index (χ3n) is 12.0. The third kappa shape index (κ3) is 4.42. The average molecular weight is 687 g/mol. The van der Waals surface area contributed by atoms with E-state index in [-0.39, 0.29) is 21.7 Å². The largest absolute Gasteiger partial charge is 0.309 e. The van der Waals surface area contributed by atoms with E-state index in [0.717, 1.165) is 16.4 Å². The fourth-order valence-corrected chi connectivity index (χ4v) is 9.61. The van der Waals surface area contributed by atoms with Crippen LogP contribution in [0.3, 0.4) is 0 Å². The highest BCUT2D eigenvalue weighted by Crippen LogP contribution is 2.56. The van der Waals surface area contributed by atoms with Crippen molar-refractivity contribution < 1.29 is 0 Å². The van der Waals surface area contributed by atoms with Gasteiger partial charge in [0.2, 0.25) is 0 Å². The molecule has 3 heteroatoms. The highest BCUT2D eigenvalue weighted by molar-refractivity contribution is 6.31. The Morgan fingerprint density at radius 3 is 1.27 bits per heavy atom. The smallest absolute Gasteiger partial charge is 0.0585 e. The van der Waals surface area contributed by atoms with Crippen LogP contribution in [0.25, 0.3) is 55.7 Å². The van der Waals surface area contributed by atoms with Gasteiger partial charge in [0.1, 0.15) is 0 Å². The van der Waals surface area contributed by atoms with Gasteiger partial charge in [0.15, 0.2) is 0 Å². The Bertz CT molecular complexity index is 2430. The summed E-state index contributed by atoms with van der Waals surface area (Å²) >= 11 is 7.24. The quantitative estimate of drug-likeness (QED) is 0.171. The van der Waals surface area contributed by atoms with Crippen LogP contribution in [0.15, 0.2) is 103 Å². The molecule has 7 aromatic rings. The van der Waals surface area contributed by atoms with Crippen molar-refractivity contribution in [2.24, 2.45) is 0 Å². The van der Waals surface area contributed by atoms with Crippen LogP contribution in [-0.2, 0) is 21.7 Å². The lowest BCUT2D eigenvalue weighted by Gasteiger charge is -2.23. The minimum atomic E-state index is -0.148. The molecule has 2 aliphatic carbocycles. The van der Waals surface area contributed by atoms with Gasteiger partial charge >= 0.3 is 0 Å². The molecule has 2 aliphatic rings. The number of nitrogens with zero attached hydrogens (tertiary/aromatic N) is 2. The summed E-state index contributed by atoms with van der Waals surface area (Å²) in [5.74, 6) is 0. The fourth-order valence-electron chi connectivity index (χ4n) is 9.38. The van der Waals surface area contributed by atoms with Crippen molar-refractivity contribution in [1.29, 1.82) is 0 Å². The molecule has 5 aromatic carbocycles. The molecule has 2 heterocycles. The maximum Gasteiger partial charge on any atom is 0.0585 e. The molecule has 0 spiro atoms. The van der Waals surface area contributed by atoms with Gasteiger partial charge in [-0.3, -0.25) is 0 Å². The van der Waals surface area contributed by atoms with Gasteiger partial charge in [-0.05, 0) is 86.7 Å². The minimum absolute atomic E-state index is 0.0365. The van der Waals surface area contributed by atoms with Gasteiger partial charge in [0.05, 0.1) is 22.4 Å². The van der Waals surface area contributed by atoms with Crippen molar-refractivity contribution in [1.82, 2.24) is 9.13 Å². The monoisotopic (exact) mass is 686 g/mol. The zero-order valence-corrected chi connectivity index (χ0v) is 32.3. The molecule has 9 rings (SSSR count). The van der Waals surface area contributed by atoms with E-state index in [1.807, 2.05) is 0 Å². The van der Waals surface area contributed by atoms with Crippen molar-refractivity contribution in [2.75, 3.05) is 0 Å². The first kappa shape index (κ1) is 32.4. The van der Waals surface area contributed by atoms with Gasteiger partial charge < -0.3 is 9.13 Å². The molecule has 0 radical (unpaired) electrons. The predicted molar refractivity (Wildman–Crippen MR) is 218 cm³/mol. The molecular weight excluding hydrogens is 640 g/mol. The lowest BCUT2D eigenvalue weighted by Crippen LogP contribution is -2.15. The van der Waals surface area contributed by atoms with Crippen LogP contribution in [0.5, 0.6) is 0 Å². The second-order valence-corrected chi connectivity index (χ2v) is 18.5. The van der Waals surface area contributed by atoms with Crippen molar-refractivity contribution in [3.05, 3.63) is 142 Å². The van der Waals surface area contributed by atoms with E-state index in [2.05, 4.69) is 181 Å². The number of aromatic nitrogens is 2. The summed E-state index contributed by atoms with van der Waals surface area (Å²) in [4.78, 5) is 0. The molecule has 0 saturated heterocycles. The number of hydrogen-bond donors (Lipinski definition) is 0. The van der Waals surface area contributed by atoms with Crippen molar-refractivity contribution >= 4 is 33.4 Å². The minimum Gasteiger partial charge on any atom is -0.309 e. The second-order valence-electron chi connectivity index (χ2n) is 18.1. The summed E-state index contributed by atoms with van der Waals surface area (Å²) in [6, 6.07) is 38.8. The molecule has 0 aliphatic heterocycles. The maximum atomic E-state index is 7.24. The first-order valence-corrected chi connectivity index (χ1v) is 18.8. The topological polar surface area (TPSA) is 9.86 Å². The Labute approximate surface area is 307 Å². The van der Waals surface area contributed by atoms with E-state index in [1.165, 1.54) is 77.7 Å². The Morgan fingerprint density at radius 1 is 0.490 bits per heavy atom. The standard InChI is InChI=1S/C48H47ClN2/c1-45(2,3)28-19-21-39-35(23-28)41-43(33-15-11-13-17-37(33)47(41,7)8)50(39)31-25-30(49)26-32(27-31)51-40-22-20-29(46(4,5)6)24-36(40)42-44(51)34-16-12-14-18-38(34)48(42,9)10/h11-27H,1-10H3. The number of fused-ring (bicyclic) bond motifs is 10. The van der Waals surface area contributed by atoms with Crippen LogP contribution < -0.4 is 0 Å². The predicted octanol–water partition coefficient (Wildman–Crippen LogP) is 13.4. The van der Waals surface area contributed by atoms with E-state index in [0.29, 0.717) is 0 Å². The molecule has 51 heavy (non-hydrogen) atoms. The molecule has 0 saturated carbocycles. The molecule has 2 nitrogen and oxygen atoms in total. The third-order valence-corrected chi connectivity index (χ3v) is 12.2. The SMILES string of the molecule is CC(C)(C)c1ccc2c(c1)c1c(n2-c2cc(Cl)cc(-n3c4c(c5cc(C(C)(C)C)ccc53)C(C)(C)c3ccccc3-4)c2)-c2ccccc2C1(C)C. The lowest BCUT2D eigenvalue weighted by molar-refractivity contribution is 0.590. The van der Waals surface area contributed by atoms with Crippen molar-refractivity contribution in [3.63, 3.8) is 0 Å². The Balaban J connectivity index is 1.38. The van der Waals surface area contributed by atoms with Crippen LogP contribution in [0, 0.1) is 0 Å². The molecule has 0 bridgehead atoms. The van der Waals surface area contributed by atoms with Crippen molar-refractivity contribution in [2.45, 2.75) is 90.9 Å². The van der Waals surface area contributed by atoms with Crippen molar-refractivity contribution in [3.8, 4) is 33.9 Å². The Kier molecular flexibility index (Phi) is 6.54. The zero-order chi connectivity index (χ0) is 36.0. The van der Waals surface area contributed by atoms with Gasteiger partial charge in [-0.15, -0.1) is 0 Å². The summed E-state index contributed by atoms with van der Waals surface area (Å²) in [6.45, 7) is 23.4. The van der Waals surface area contributed by atoms with Crippen LogP contribution in [0.2, 0.25) is 5.02 Å². The summed E-state index contributed by atoms with van der Waals surface area (Å²) in [6.07, 6.45) is 0. The lowest BCUT2D eigenvalue weighted by atomic mass is 9.80. The summed E-state index contributed by atoms with van der Waals surface area (Å²) in [5, 5.41) is 3.36. The molecule has 0 atom stereocenters. The molecule has 0 N–H and O–H groups in total. The summed E-state index contributed by atoms with van der Waals surface area (Å²) < 4.78 is 4.98. The number of halogens is 1. The Morgan fingerprint density at radius 2 is 0.882 bits per heavy atom. The molecular formula is C48H47ClN2. The second kappa shape index (κ2) is 10.3. The zero-order valence-electron chi connectivity index (χ0n) is 31.6. The summed E-state index contributed by atoms with van der Waals surface area (Å²) in [5.41, 5.74) is 17.7. The number of benzene rings is 5. The van der Waals surface area contributed by atoms with Gasteiger partial charge in [0.25, 0.3) is 0 Å². The fraction of sp³-hybridized carbons (Fsp3) is 0.292. The number of hydrogen-bond acceptors (Lipinski definition) is 0. The van der Waals surface area contributed by atoms with E-state index < -0.39 is 0 Å². The highest BCUT2D eigenvalue weighted by atomic mass is 35.5. The number of rotatable bonds is 2. The van der Waals surface area contributed by atoms with Crippen LogP contribution >= 0.6 is 11.6 Å². The van der Waals surface area contributed by atoms with E-state index in [1.54, 1.807) is 0 Å². The van der Waals surface area contributed by atoms with Crippen LogP contribution in [0.4, 0.5) is 0 Å². The normalized spacial score (nSPS) is 15.7. The molecule has 0 unspecified atom stereocenters. The van der Waals surface area contributed by atoms with Gasteiger partial charge in [-0.2, -0.15) is 0 Å². The van der Waals surface area contributed by atoms with E-state index in [9.17, 15) is 0 Å². The Hall–Kier alpha value is -4.53. The van der Waals surface area contributed by atoms with Gasteiger partial charge in [0, 0.05) is 49.1 Å². The molecule has 256 valence electrons. The van der Waals surface area contributed by atoms with Crippen LogP contribution in [0.1, 0.15) is 103 Å². The average Bonchev–Trinajstić information content (AvgIpc) is 3.74. The van der Waals surface area contributed by atoms with E-state index in [4.69, 9.17) is 11.6 Å². The van der Waals surface area contributed by atoms with E-state index >= 15 is 0 Å². The first-order valence-electron chi connectivity index (χ1n) is 18.4. The molecule has 0 fully saturated rings. The molecule has 2 aromatic heterocycles. The highest BCUT2D eigenvalue weighted by Gasteiger charge is 2.42. The maximum absolute atomic E-state index is 7.24. The van der Waals surface area contributed by atoms with Gasteiger partial charge in [-0.25, -0.2) is 0 Å². The summed E-state index contributed by atoms with van der Waals surface area (Å²) in [7, 11) is 0.